The van der Waals surface area contributed by atoms with Crippen LogP contribution in [0.2, 0.25) is 0 Å². The Morgan fingerprint density at radius 3 is 2.23 bits per heavy atom. The molecule has 0 N–H and O–H groups in total. The molecule has 0 spiro atoms. The highest BCUT2D eigenvalue weighted by Gasteiger charge is 2.54. The number of carbonyl (C=O) groups is 2. The molecule has 0 radical (unpaired) electrons. The number of hydroxylamine groups is 2. The standard InChI is InChI=1S/C16H28N2O4/c1-8-15(6)10-14(17-21-12(4)19)11(3)16(7,9-2)18(15)22-13(5)20/h11H,8-10H2,1-7H3/b17-14-/t11?,15-,16?/m0/s1. The predicted molar refractivity (Wildman–Crippen MR) is 84.0 cm³/mol. The van der Waals surface area contributed by atoms with Gasteiger partial charge in [0.15, 0.2) is 0 Å². The third-order valence-corrected chi connectivity index (χ3v) is 4.94. The van der Waals surface area contributed by atoms with Crippen molar-refractivity contribution >= 4 is 17.7 Å². The van der Waals surface area contributed by atoms with E-state index in [1.165, 1.54) is 13.8 Å². The van der Waals surface area contributed by atoms with Crippen molar-refractivity contribution in [3.8, 4) is 0 Å². The van der Waals surface area contributed by atoms with Crippen molar-refractivity contribution in [1.82, 2.24) is 5.06 Å². The van der Waals surface area contributed by atoms with Gasteiger partial charge < -0.3 is 9.68 Å². The predicted octanol–water partition coefficient (Wildman–Crippen LogP) is 3.06. The normalized spacial score (nSPS) is 34.5. The highest BCUT2D eigenvalue weighted by atomic mass is 16.7. The Morgan fingerprint density at radius 2 is 1.82 bits per heavy atom. The molecule has 22 heavy (non-hydrogen) atoms. The molecule has 0 amide bonds. The quantitative estimate of drug-likeness (QED) is 0.589. The van der Waals surface area contributed by atoms with E-state index in [1.54, 1.807) is 0 Å². The zero-order valence-electron chi connectivity index (χ0n) is 14.7. The van der Waals surface area contributed by atoms with Crippen LogP contribution in [0.15, 0.2) is 5.16 Å². The largest absolute Gasteiger partial charge is 0.367 e. The van der Waals surface area contributed by atoms with E-state index in [9.17, 15) is 9.59 Å². The number of hydrogen-bond acceptors (Lipinski definition) is 6. The molecule has 1 saturated heterocycles. The highest BCUT2D eigenvalue weighted by Crippen LogP contribution is 2.44. The third-order valence-electron chi connectivity index (χ3n) is 4.94. The average Bonchev–Trinajstić information content (AvgIpc) is 2.45. The first kappa shape index (κ1) is 18.6. The molecule has 6 nitrogen and oxygen atoms in total. The van der Waals surface area contributed by atoms with E-state index in [1.807, 2.05) is 25.8 Å². The van der Waals surface area contributed by atoms with E-state index in [2.05, 4.69) is 19.0 Å². The van der Waals surface area contributed by atoms with Crippen LogP contribution < -0.4 is 0 Å². The van der Waals surface area contributed by atoms with Crippen molar-refractivity contribution in [2.75, 3.05) is 0 Å². The van der Waals surface area contributed by atoms with Crippen LogP contribution in [0.1, 0.15) is 67.7 Å². The van der Waals surface area contributed by atoms with E-state index in [4.69, 9.17) is 9.68 Å². The second kappa shape index (κ2) is 6.77. The molecule has 126 valence electrons. The average molecular weight is 312 g/mol. The first-order valence-corrected chi connectivity index (χ1v) is 7.84. The van der Waals surface area contributed by atoms with Gasteiger partial charge in [-0.1, -0.05) is 25.9 Å². The number of oxime groups is 1. The molecule has 0 bridgehead atoms. The lowest BCUT2D eigenvalue weighted by Crippen LogP contribution is -2.66. The molecule has 1 aliphatic heterocycles. The summed E-state index contributed by atoms with van der Waals surface area (Å²) in [5.74, 6) is -0.763. The molecule has 0 aromatic carbocycles. The van der Waals surface area contributed by atoms with Gasteiger partial charge >= 0.3 is 11.9 Å². The van der Waals surface area contributed by atoms with Crippen molar-refractivity contribution in [2.45, 2.75) is 78.8 Å². The summed E-state index contributed by atoms with van der Waals surface area (Å²) in [5.41, 5.74) is 0.0302. The molecule has 0 aromatic rings. The van der Waals surface area contributed by atoms with Crippen LogP contribution >= 0.6 is 0 Å². The monoisotopic (exact) mass is 312 g/mol. The zero-order chi connectivity index (χ0) is 17.1. The summed E-state index contributed by atoms with van der Waals surface area (Å²) < 4.78 is 0. The molecule has 0 aliphatic carbocycles. The number of rotatable bonds is 4. The van der Waals surface area contributed by atoms with Gasteiger partial charge in [-0.15, -0.1) is 5.06 Å². The molecule has 0 aromatic heterocycles. The maximum Gasteiger partial charge on any atom is 0.331 e. The van der Waals surface area contributed by atoms with Gasteiger partial charge in [0.25, 0.3) is 0 Å². The Bertz CT molecular complexity index is 477. The maximum absolute atomic E-state index is 11.6. The number of nitrogens with zero attached hydrogens (tertiary/aromatic N) is 2. The van der Waals surface area contributed by atoms with E-state index in [-0.39, 0.29) is 17.4 Å². The molecule has 0 saturated carbocycles. The summed E-state index contributed by atoms with van der Waals surface area (Å²) in [6.45, 7) is 13.0. The van der Waals surface area contributed by atoms with Crippen molar-refractivity contribution in [1.29, 1.82) is 0 Å². The lowest BCUT2D eigenvalue weighted by Gasteiger charge is -2.55. The summed E-state index contributed by atoms with van der Waals surface area (Å²) >= 11 is 0. The lowest BCUT2D eigenvalue weighted by molar-refractivity contribution is -0.269. The fraction of sp³-hybridized carbons (Fsp3) is 0.812. The van der Waals surface area contributed by atoms with Crippen molar-refractivity contribution in [2.24, 2.45) is 11.1 Å². The smallest absolute Gasteiger partial charge is 0.331 e. The number of hydrogen-bond donors (Lipinski definition) is 0. The SMILES string of the molecule is CCC1(C)C(C)/C(=N\OC(C)=O)C[C@](C)(CC)N1OC(C)=O. The van der Waals surface area contributed by atoms with Crippen molar-refractivity contribution in [3.63, 3.8) is 0 Å². The summed E-state index contributed by atoms with van der Waals surface area (Å²) in [6, 6.07) is 0. The second-order valence-corrected chi connectivity index (χ2v) is 6.50. The number of piperidine rings is 1. The first-order chi connectivity index (χ1) is 10.1. The molecule has 3 atom stereocenters. The molecule has 1 rings (SSSR count). The van der Waals surface area contributed by atoms with Gasteiger partial charge in [0, 0.05) is 26.2 Å². The minimum atomic E-state index is -0.432. The fourth-order valence-electron chi connectivity index (χ4n) is 3.06. The fourth-order valence-corrected chi connectivity index (χ4v) is 3.06. The first-order valence-electron chi connectivity index (χ1n) is 7.84. The molecule has 1 fully saturated rings. The van der Waals surface area contributed by atoms with Gasteiger partial charge in [-0.05, 0) is 26.7 Å². The van der Waals surface area contributed by atoms with Crippen molar-refractivity contribution < 1.29 is 19.3 Å². The molecule has 2 unspecified atom stereocenters. The van der Waals surface area contributed by atoms with E-state index < -0.39 is 11.5 Å². The molecular weight excluding hydrogens is 284 g/mol. The number of carbonyl (C=O) groups excluding carboxylic acids is 2. The van der Waals surface area contributed by atoms with Crippen LogP contribution in [0.3, 0.4) is 0 Å². The van der Waals surface area contributed by atoms with Crippen LogP contribution in [0.25, 0.3) is 0 Å². The van der Waals surface area contributed by atoms with Gasteiger partial charge in [0.2, 0.25) is 0 Å². The van der Waals surface area contributed by atoms with Crippen LogP contribution in [0, 0.1) is 5.92 Å². The Kier molecular flexibility index (Phi) is 5.73. The summed E-state index contributed by atoms with van der Waals surface area (Å²) in [4.78, 5) is 33.1. The lowest BCUT2D eigenvalue weighted by atomic mass is 9.70. The maximum atomic E-state index is 11.6. The Balaban J connectivity index is 3.29. The molecular formula is C16H28N2O4. The minimum absolute atomic E-state index is 0.00387. The van der Waals surface area contributed by atoms with Gasteiger partial charge in [0.1, 0.15) is 0 Å². The zero-order valence-corrected chi connectivity index (χ0v) is 14.7. The van der Waals surface area contributed by atoms with Gasteiger partial charge in [0.05, 0.1) is 16.8 Å². The third kappa shape index (κ3) is 3.48. The van der Waals surface area contributed by atoms with Crippen LogP contribution in [0.5, 0.6) is 0 Å². The Labute approximate surface area is 132 Å². The van der Waals surface area contributed by atoms with Crippen LogP contribution in [-0.4, -0.2) is 33.8 Å². The van der Waals surface area contributed by atoms with Crippen LogP contribution in [-0.2, 0) is 19.3 Å². The summed E-state index contributed by atoms with van der Waals surface area (Å²) in [7, 11) is 0. The molecule has 6 heteroatoms. The second-order valence-electron chi connectivity index (χ2n) is 6.50. The van der Waals surface area contributed by atoms with Crippen LogP contribution in [0.4, 0.5) is 0 Å². The van der Waals surface area contributed by atoms with E-state index in [0.29, 0.717) is 6.42 Å². The topological polar surface area (TPSA) is 68.2 Å². The minimum Gasteiger partial charge on any atom is -0.367 e. The van der Waals surface area contributed by atoms with Gasteiger partial charge in [-0.3, -0.25) is 4.79 Å². The van der Waals surface area contributed by atoms with Gasteiger partial charge in [-0.25, -0.2) is 4.79 Å². The van der Waals surface area contributed by atoms with Gasteiger partial charge in [-0.2, -0.15) is 0 Å². The van der Waals surface area contributed by atoms with E-state index in [0.717, 1.165) is 18.6 Å². The molecule has 1 heterocycles. The molecule has 1 aliphatic rings. The summed E-state index contributed by atoms with van der Waals surface area (Å²) in [5, 5.41) is 5.90. The highest BCUT2D eigenvalue weighted by molar-refractivity contribution is 5.89. The van der Waals surface area contributed by atoms with Crippen molar-refractivity contribution in [3.05, 3.63) is 0 Å². The van der Waals surface area contributed by atoms with E-state index >= 15 is 0 Å². The Hall–Kier alpha value is -1.43. The summed E-state index contributed by atoms with van der Waals surface area (Å²) in [6.07, 6.45) is 2.14. The Morgan fingerprint density at radius 1 is 1.23 bits per heavy atom.